The number of morpholine rings is 1. The maximum Gasteiger partial charge on any atom is 0.296 e. The number of aryl methyl sites for hydroxylation is 1. The summed E-state index contributed by atoms with van der Waals surface area (Å²) in [5.41, 5.74) is 1.89. The number of nitrogens with zero attached hydrogens (tertiary/aromatic N) is 6. The number of benzene rings is 1. The molecule has 3 aromatic rings. The van der Waals surface area contributed by atoms with Crippen LogP contribution in [0.1, 0.15) is 62.9 Å². The minimum Gasteiger partial charge on any atom is -0.393 e. The van der Waals surface area contributed by atoms with Crippen LogP contribution in [0.3, 0.4) is 0 Å². The quantitative estimate of drug-likeness (QED) is 0.433. The molecule has 0 unspecified atom stereocenters. The number of fused-ring (bicyclic) bond motifs is 1. The molecule has 2 saturated heterocycles. The molecule has 0 bridgehead atoms. The lowest BCUT2D eigenvalue weighted by molar-refractivity contribution is -0.136. The van der Waals surface area contributed by atoms with E-state index in [9.17, 15) is 18.7 Å². The fraction of sp³-hybridized carbons (Fsp3) is 0.600. The van der Waals surface area contributed by atoms with E-state index in [2.05, 4.69) is 4.98 Å². The van der Waals surface area contributed by atoms with Crippen molar-refractivity contribution in [2.45, 2.75) is 63.9 Å². The van der Waals surface area contributed by atoms with Crippen molar-refractivity contribution in [1.82, 2.24) is 24.4 Å². The van der Waals surface area contributed by atoms with Crippen molar-refractivity contribution >= 4 is 22.9 Å². The zero-order chi connectivity index (χ0) is 28.3. The summed E-state index contributed by atoms with van der Waals surface area (Å²) >= 11 is 0. The third-order valence-corrected chi connectivity index (χ3v) is 8.75. The topological polar surface area (TPSA) is 96.6 Å². The molecule has 3 fully saturated rings. The van der Waals surface area contributed by atoms with E-state index in [4.69, 9.17) is 14.7 Å². The van der Waals surface area contributed by atoms with Crippen molar-refractivity contribution in [2.24, 2.45) is 11.8 Å². The molecule has 4 heterocycles. The Morgan fingerprint density at radius 1 is 1.02 bits per heavy atom. The van der Waals surface area contributed by atoms with Crippen LogP contribution in [0.25, 0.3) is 16.9 Å². The second kappa shape index (κ2) is 12.4. The smallest absolute Gasteiger partial charge is 0.296 e. The summed E-state index contributed by atoms with van der Waals surface area (Å²) in [6, 6.07) is 8.93. The van der Waals surface area contributed by atoms with Crippen molar-refractivity contribution in [3.05, 3.63) is 41.9 Å². The predicted octanol–water partition coefficient (Wildman–Crippen LogP) is 4.31. The monoisotopic (exact) mass is 568 g/mol. The molecule has 9 nitrogen and oxygen atoms in total. The fourth-order valence-electron chi connectivity index (χ4n) is 6.47. The van der Waals surface area contributed by atoms with Crippen LogP contribution in [-0.2, 0) is 16.0 Å². The van der Waals surface area contributed by atoms with Crippen molar-refractivity contribution in [3.8, 4) is 5.82 Å². The maximum absolute atomic E-state index is 14.1. The molecule has 3 aliphatic rings. The molecule has 1 saturated carbocycles. The second-order valence-corrected chi connectivity index (χ2v) is 11.5. The Kier molecular flexibility index (Phi) is 8.43. The van der Waals surface area contributed by atoms with E-state index in [1.807, 2.05) is 21.9 Å². The summed E-state index contributed by atoms with van der Waals surface area (Å²) < 4.78 is 35.2. The van der Waals surface area contributed by atoms with E-state index in [0.717, 1.165) is 50.9 Å². The van der Waals surface area contributed by atoms with Crippen LogP contribution in [0.4, 0.5) is 14.7 Å². The molecule has 6 rings (SSSR count). The third kappa shape index (κ3) is 6.21. The number of alkyl halides is 2. The van der Waals surface area contributed by atoms with Gasteiger partial charge in [0.25, 0.3) is 6.43 Å². The number of aliphatic hydroxyl groups is 1. The average molecular weight is 569 g/mol. The SMILES string of the molecule is O=C([C@H]1CC[C@H](O)CC1)N1CC[C@H](CCCc2cc(-n3c(C(F)F)nc4ccccc43)nc(N3CCOCC3)n2)C1. The minimum atomic E-state index is -2.75. The molecule has 0 radical (unpaired) electrons. The van der Waals surface area contributed by atoms with Gasteiger partial charge >= 0.3 is 0 Å². The molecule has 1 amide bonds. The average Bonchev–Trinajstić information content (AvgIpc) is 3.63. The van der Waals surface area contributed by atoms with Gasteiger partial charge in [-0.3, -0.25) is 9.36 Å². The summed E-state index contributed by atoms with van der Waals surface area (Å²) in [7, 11) is 0. The normalized spacial score (nSPS) is 23.6. The van der Waals surface area contributed by atoms with Crippen LogP contribution >= 0.6 is 0 Å². The van der Waals surface area contributed by atoms with E-state index < -0.39 is 6.43 Å². The number of carbonyl (C=O) groups is 1. The molecule has 2 aromatic heterocycles. The molecular formula is C30H38F2N6O3. The van der Waals surface area contributed by atoms with Crippen molar-refractivity contribution in [2.75, 3.05) is 44.3 Å². The zero-order valence-corrected chi connectivity index (χ0v) is 23.3. The summed E-state index contributed by atoms with van der Waals surface area (Å²) in [5.74, 6) is 1.33. The number of carbonyl (C=O) groups excluding carboxylic acids is 1. The highest BCUT2D eigenvalue weighted by Gasteiger charge is 2.33. The molecular weight excluding hydrogens is 530 g/mol. The highest BCUT2D eigenvalue weighted by atomic mass is 19.3. The highest BCUT2D eigenvalue weighted by molar-refractivity contribution is 5.79. The molecule has 2 aliphatic heterocycles. The van der Waals surface area contributed by atoms with Gasteiger partial charge in [0.15, 0.2) is 5.82 Å². The first-order chi connectivity index (χ1) is 20.0. The van der Waals surface area contributed by atoms with Crippen molar-refractivity contribution in [1.29, 1.82) is 0 Å². The molecule has 1 aliphatic carbocycles. The number of hydrogen-bond acceptors (Lipinski definition) is 7. The molecule has 0 spiro atoms. The summed E-state index contributed by atoms with van der Waals surface area (Å²) in [5, 5.41) is 9.77. The van der Waals surface area contributed by atoms with Crippen LogP contribution in [0.2, 0.25) is 0 Å². The van der Waals surface area contributed by atoms with Gasteiger partial charge in [0.1, 0.15) is 5.82 Å². The lowest BCUT2D eigenvalue weighted by atomic mass is 9.86. The number of rotatable bonds is 8. The van der Waals surface area contributed by atoms with Gasteiger partial charge in [0, 0.05) is 43.9 Å². The zero-order valence-electron chi connectivity index (χ0n) is 23.3. The first-order valence-electron chi connectivity index (χ1n) is 14.9. The van der Waals surface area contributed by atoms with Gasteiger partial charge in [-0.15, -0.1) is 0 Å². The highest BCUT2D eigenvalue weighted by Crippen LogP contribution is 2.31. The van der Waals surface area contributed by atoms with E-state index >= 15 is 0 Å². The van der Waals surface area contributed by atoms with Crippen molar-refractivity contribution in [3.63, 3.8) is 0 Å². The van der Waals surface area contributed by atoms with Crippen LogP contribution in [0, 0.1) is 11.8 Å². The lowest BCUT2D eigenvalue weighted by Gasteiger charge is -2.28. The van der Waals surface area contributed by atoms with Crippen molar-refractivity contribution < 1.29 is 23.4 Å². The number of likely N-dealkylation sites (tertiary alicyclic amines) is 1. The van der Waals surface area contributed by atoms with Gasteiger partial charge in [0.2, 0.25) is 11.9 Å². The number of anilines is 1. The van der Waals surface area contributed by atoms with E-state index in [0.29, 0.717) is 74.3 Å². The molecule has 1 atom stereocenters. The van der Waals surface area contributed by atoms with Crippen LogP contribution in [0.5, 0.6) is 0 Å². The van der Waals surface area contributed by atoms with Gasteiger partial charge in [-0.25, -0.2) is 18.7 Å². The number of halogens is 2. The molecule has 1 N–H and O–H groups in total. The molecule has 220 valence electrons. The van der Waals surface area contributed by atoms with E-state index in [-0.39, 0.29) is 23.8 Å². The number of aromatic nitrogens is 4. The Balaban J connectivity index is 1.17. The molecule has 1 aromatic carbocycles. The van der Waals surface area contributed by atoms with Crippen LogP contribution in [0.15, 0.2) is 30.3 Å². The number of ether oxygens (including phenoxy) is 1. The first-order valence-corrected chi connectivity index (χ1v) is 14.9. The lowest BCUT2D eigenvalue weighted by Crippen LogP contribution is -2.37. The number of hydrogen-bond donors (Lipinski definition) is 1. The molecule has 41 heavy (non-hydrogen) atoms. The largest absolute Gasteiger partial charge is 0.393 e. The van der Waals surface area contributed by atoms with Gasteiger partial charge in [-0.1, -0.05) is 12.1 Å². The fourth-order valence-corrected chi connectivity index (χ4v) is 6.47. The summed E-state index contributed by atoms with van der Waals surface area (Å²) in [6.07, 6.45) is 3.52. The third-order valence-electron chi connectivity index (χ3n) is 8.75. The number of aliphatic hydroxyl groups excluding tert-OH is 1. The Hall–Kier alpha value is -3.18. The summed E-state index contributed by atoms with van der Waals surface area (Å²) in [6.45, 7) is 3.99. The van der Waals surface area contributed by atoms with Gasteiger partial charge in [-0.2, -0.15) is 4.98 Å². The molecule has 11 heteroatoms. The van der Waals surface area contributed by atoms with Crippen LogP contribution in [-0.4, -0.2) is 80.9 Å². The standard InChI is InChI=1S/C30H38F2N6O3/c31-27(32)28-34-24-6-1-2-7-25(24)38(28)26-18-22(33-30(35-26)36-14-16-41-17-15-36)5-3-4-20-12-13-37(19-20)29(40)21-8-10-23(39)11-9-21/h1-2,6-7,18,20-21,23,27,39H,3-5,8-17,19H2/t20-,21-,23-/m0/s1. The Morgan fingerprint density at radius 3 is 2.59 bits per heavy atom. The summed E-state index contributed by atoms with van der Waals surface area (Å²) in [4.78, 5) is 30.9. The second-order valence-electron chi connectivity index (χ2n) is 11.5. The van der Waals surface area contributed by atoms with Crippen LogP contribution < -0.4 is 4.90 Å². The first kappa shape index (κ1) is 28.0. The predicted molar refractivity (Wildman–Crippen MR) is 150 cm³/mol. The Labute approximate surface area is 238 Å². The Bertz CT molecular complexity index is 1350. The minimum absolute atomic E-state index is 0.0487. The van der Waals surface area contributed by atoms with Gasteiger partial charge in [-0.05, 0) is 69.4 Å². The number of imidazole rings is 1. The van der Waals surface area contributed by atoms with E-state index in [1.54, 1.807) is 18.2 Å². The van der Waals surface area contributed by atoms with E-state index in [1.165, 1.54) is 4.57 Å². The maximum atomic E-state index is 14.1. The van der Waals surface area contributed by atoms with Gasteiger partial charge in [0.05, 0.1) is 30.4 Å². The van der Waals surface area contributed by atoms with Gasteiger partial charge < -0.3 is 19.6 Å². The number of para-hydroxylation sites is 2. The number of amides is 1. The Morgan fingerprint density at radius 2 is 1.80 bits per heavy atom.